The second-order valence-corrected chi connectivity index (χ2v) is 7.02. The molecule has 0 spiro atoms. The number of fused-ring (bicyclic) bond motifs is 2. The maximum atomic E-state index is 3.74. The fourth-order valence-corrected chi connectivity index (χ4v) is 4.71. The van der Waals surface area contributed by atoms with Crippen molar-refractivity contribution < 1.29 is 0 Å². The first-order valence-electron chi connectivity index (χ1n) is 7.17. The molecule has 0 saturated carbocycles. The number of hydrogen-bond donors (Lipinski definition) is 1. The highest BCUT2D eigenvalue weighted by Gasteiger charge is 2.36. The molecule has 2 aliphatic heterocycles. The lowest BCUT2D eigenvalue weighted by Gasteiger charge is -2.38. The summed E-state index contributed by atoms with van der Waals surface area (Å²) >= 11 is 1.91. The van der Waals surface area contributed by atoms with E-state index >= 15 is 0 Å². The normalized spacial score (nSPS) is 33.0. The van der Waals surface area contributed by atoms with Crippen molar-refractivity contribution in [2.75, 3.05) is 7.05 Å². The minimum atomic E-state index is 0.562. The molecule has 2 nitrogen and oxygen atoms in total. The average Bonchev–Trinajstić information content (AvgIpc) is 2.93. The molecule has 1 aromatic rings. The first-order chi connectivity index (χ1) is 8.65. The van der Waals surface area contributed by atoms with Crippen LogP contribution in [0.25, 0.3) is 0 Å². The van der Waals surface area contributed by atoms with Crippen LogP contribution in [0.2, 0.25) is 0 Å². The Labute approximate surface area is 114 Å². The Morgan fingerprint density at radius 2 is 2.00 bits per heavy atom. The van der Waals surface area contributed by atoms with Crippen LogP contribution in [0, 0.1) is 6.92 Å². The molecule has 1 aromatic heterocycles. The van der Waals surface area contributed by atoms with Crippen molar-refractivity contribution in [2.24, 2.45) is 0 Å². The van der Waals surface area contributed by atoms with Crippen molar-refractivity contribution in [3.63, 3.8) is 0 Å². The van der Waals surface area contributed by atoms with Crippen molar-refractivity contribution in [1.29, 1.82) is 0 Å². The maximum absolute atomic E-state index is 3.74. The van der Waals surface area contributed by atoms with E-state index in [-0.39, 0.29) is 0 Å². The van der Waals surface area contributed by atoms with Crippen molar-refractivity contribution >= 4 is 11.3 Å². The second kappa shape index (κ2) is 4.95. The van der Waals surface area contributed by atoms with Crippen LogP contribution in [0.3, 0.4) is 0 Å². The summed E-state index contributed by atoms with van der Waals surface area (Å²) in [5.74, 6) is 0. The average molecular weight is 264 g/mol. The van der Waals surface area contributed by atoms with E-state index in [4.69, 9.17) is 0 Å². The quantitative estimate of drug-likeness (QED) is 0.901. The number of rotatable bonds is 3. The van der Waals surface area contributed by atoms with Gasteiger partial charge < -0.3 is 5.32 Å². The molecule has 2 saturated heterocycles. The molecular weight excluding hydrogens is 240 g/mol. The van der Waals surface area contributed by atoms with Gasteiger partial charge in [-0.1, -0.05) is 0 Å². The molecule has 3 atom stereocenters. The highest BCUT2D eigenvalue weighted by atomic mass is 32.1. The number of nitrogens with one attached hydrogen (secondary N) is 1. The molecule has 3 unspecified atom stereocenters. The Bertz CT molecular complexity index is 402. The lowest BCUT2D eigenvalue weighted by Crippen LogP contribution is -2.47. The van der Waals surface area contributed by atoms with Gasteiger partial charge in [-0.05, 0) is 63.6 Å². The van der Waals surface area contributed by atoms with Gasteiger partial charge in [0.25, 0.3) is 0 Å². The monoisotopic (exact) mass is 264 g/mol. The van der Waals surface area contributed by atoms with E-state index in [1.54, 1.807) is 4.88 Å². The third-order valence-electron chi connectivity index (χ3n) is 4.92. The Morgan fingerprint density at radius 1 is 1.33 bits per heavy atom. The highest BCUT2D eigenvalue weighted by molar-refractivity contribution is 7.10. The van der Waals surface area contributed by atoms with Crippen LogP contribution in [0.15, 0.2) is 11.4 Å². The minimum Gasteiger partial charge on any atom is -0.311 e. The second-order valence-electron chi connectivity index (χ2n) is 6.07. The fourth-order valence-electron chi connectivity index (χ4n) is 3.67. The fraction of sp³-hybridized carbons (Fsp3) is 0.733. The molecule has 3 heterocycles. The van der Waals surface area contributed by atoms with E-state index in [0.29, 0.717) is 6.04 Å². The summed E-state index contributed by atoms with van der Waals surface area (Å²) in [6.07, 6.45) is 5.45. The molecular formula is C15H24N2S. The van der Waals surface area contributed by atoms with Crippen LogP contribution in [0.1, 0.15) is 49.1 Å². The van der Waals surface area contributed by atoms with Gasteiger partial charge >= 0.3 is 0 Å². The molecule has 2 bridgehead atoms. The zero-order chi connectivity index (χ0) is 12.7. The Hall–Kier alpha value is -0.380. The van der Waals surface area contributed by atoms with Gasteiger partial charge in [-0.2, -0.15) is 0 Å². The Kier molecular flexibility index (Phi) is 3.48. The molecule has 3 rings (SSSR count). The van der Waals surface area contributed by atoms with Gasteiger partial charge in [-0.25, -0.2) is 0 Å². The third-order valence-corrected chi connectivity index (χ3v) is 6.11. The zero-order valence-electron chi connectivity index (χ0n) is 11.6. The van der Waals surface area contributed by atoms with Crippen LogP contribution < -0.4 is 5.32 Å². The van der Waals surface area contributed by atoms with E-state index in [1.807, 2.05) is 11.3 Å². The summed E-state index contributed by atoms with van der Waals surface area (Å²) in [5, 5.41) is 5.96. The first kappa shape index (κ1) is 12.6. The Balaban J connectivity index is 1.71. The number of piperidine rings is 1. The predicted molar refractivity (Wildman–Crippen MR) is 78.2 cm³/mol. The van der Waals surface area contributed by atoms with Gasteiger partial charge in [0, 0.05) is 29.0 Å². The van der Waals surface area contributed by atoms with E-state index in [2.05, 4.69) is 42.6 Å². The molecule has 2 fully saturated rings. The van der Waals surface area contributed by atoms with E-state index in [0.717, 1.165) is 18.1 Å². The topological polar surface area (TPSA) is 15.3 Å². The molecule has 0 amide bonds. The number of nitrogens with zero attached hydrogens (tertiary/aromatic N) is 1. The minimum absolute atomic E-state index is 0.562. The van der Waals surface area contributed by atoms with Crippen LogP contribution in [-0.4, -0.2) is 30.1 Å². The predicted octanol–water partition coefficient (Wildman–Crippen LogP) is 3.33. The van der Waals surface area contributed by atoms with Crippen LogP contribution >= 0.6 is 11.3 Å². The van der Waals surface area contributed by atoms with E-state index in [9.17, 15) is 0 Å². The summed E-state index contributed by atoms with van der Waals surface area (Å²) in [6.45, 7) is 4.60. The van der Waals surface area contributed by atoms with Gasteiger partial charge in [0.1, 0.15) is 0 Å². The summed E-state index contributed by atoms with van der Waals surface area (Å²) < 4.78 is 0. The molecule has 3 heteroatoms. The largest absolute Gasteiger partial charge is 0.311 e. The zero-order valence-corrected chi connectivity index (χ0v) is 12.5. The standard InChI is InChI=1S/C15H24N2S/c1-10-6-7-18-15(10)11(2)17(3)14-8-12-4-5-13(9-14)16-12/h6-7,11-14,16H,4-5,8-9H2,1-3H3. The highest BCUT2D eigenvalue weighted by Crippen LogP contribution is 2.35. The Morgan fingerprint density at radius 3 is 2.56 bits per heavy atom. The van der Waals surface area contributed by atoms with Crippen molar-refractivity contribution in [2.45, 2.75) is 63.7 Å². The molecule has 1 N–H and O–H groups in total. The van der Waals surface area contributed by atoms with Crippen molar-refractivity contribution in [1.82, 2.24) is 10.2 Å². The van der Waals surface area contributed by atoms with Gasteiger partial charge in [-0.3, -0.25) is 4.90 Å². The van der Waals surface area contributed by atoms with E-state index in [1.165, 1.54) is 31.2 Å². The number of thiophene rings is 1. The van der Waals surface area contributed by atoms with Gasteiger partial charge in [0.05, 0.1) is 0 Å². The SMILES string of the molecule is Cc1ccsc1C(C)N(C)C1CC2CCC(C1)N2. The van der Waals surface area contributed by atoms with E-state index < -0.39 is 0 Å². The molecule has 0 aliphatic carbocycles. The van der Waals surface area contributed by atoms with Gasteiger partial charge in [0.15, 0.2) is 0 Å². The lowest BCUT2D eigenvalue weighted by atomic mass is 9.97. The van der Waals surface area contributed by atoms with Crippen molar-refractivity contribution in [3.8, 4) is 0 Å². The van der Waals surface area contributed by atoms with Crippen LogP contribution in [0.5, 0.6) is 0 Å². The first-order valence-corrected chi connectivity index (χ1v) is 8.05. The lowest BCUT2D eigenvalue weighted by molar-refractivity contribution is 0.134. The van der Waals surface area contributed by atoms with Crippen molar-refractivity contribution in [3.05, 3.63) is 21.9 Å². The third kappa shape index (κ3) is 2.24. The van der Waals surface area contributed by atoms with Crippen LogP contribution in [-0.2, 0) is 0 Å². The molecule has 100 valence electrons. The summed E-state index contributed by atoms with van der Waals surface area (Å²) in [6, 6.07) is 5.14. The molecule has 0 radical (unpaired) electrons. The molecule has 0 aromatic carbocycles. The number of hydrogen-bond acceptors (Lipinski definition) is 3. The van der Waals surface area contributed by atoms with Crippen LogP contribution in [0.4, 0.5) is 0 Å². The summed E-state index contributed by atoms with van der Waals surface area (Å²) in [5.41, 5.74) is 1.45. The maximum Gasteiger partial charge on any atom is 0.0415 e. The summed E-state index contributed by atoms with van der Waals surface area (Å²) in [7, 11) is 2.32. The van der Waals surface area contributed by atoms with Gasteiger partial charge in [-0.15, -0.1) is 11.3 Å². The van der Waals surface area contributed by atoms with Gasteiger partial charge in [0.2, 0.25) is 0 Å². The number of aryl methyl sites for hydroxylation is 1. The molecule has 18 heavy (non-hydrogen) atoms. The smallest absolute Gasteiger partial charge is 0.0415 e. The molecule has 2 aliphatic rings. The summed E-state index contributed by atoms with van der Waals surface area (Å²) in [4.78, 5) is 4.16.